The van der Waals surface area contributed by atoms with Crippen LogP contribution in [-0.2, 0) is 19.4 Å². The lowest BCUT2D eigenvalue weighted by Crippen LogP contribution is -2.38. The van der Waals surface area contributed by atoms with E-state index in [1.54, 1.807) is 11.3 Å². The van der Waals surface area contributed by atoms with E-state index in [9.17, 15) is 22.4 Å². The summed E-state index contributed by atoms with van der Waals surface area (Å²) in [5.41, 5.74) is 2.75. The summed E-state index contributed by atoms with van der Waals surface area (Å²) in [4.78, 5) is 16.4. The maximum absolute atomic E-state index is 14.4. The number of aryl methyl sites for hydroxylation is 1. The Labute approximate surface area is 208 Å². The number of amides is 2. The second kappa shape index (κ2) is 8.81. The maximum atomic E-state index is 14.4. The number of thiophene rings is 1. The Morgan fingerprint density at radius 3 is 2.50 bits per heavy atom. The van der Waals surface area contributed by atoms with Crippen molar-refractivity contribution in [3.8, 4) is 5.00 Å². The first kappa shape index (κ1) is 22.8. The van der Waals surface area contributed by atoms with E-state index >= 15 is 0 Å². The van der Waals surface area contributed by atoms with Crippen LogP contribution in [0, 0.1) is 23.3 Å². The van der Waals surface area contributed by atoms with E-state index in [2.05, 4.69) is 5.32 Å². The van der Waals surface area contributed by atoms with E-state index in [0.717, 1.165) is 60.5 Å². The summed E-state index contributed by atoms with van der Waals surface area (Å²) in [6, 6.07) is 8.04. The first-order chi connectivity index (χ1) is 17.4. The lowest BCUT2D eigenvalue weighted by molar-refractivity contribution is 0.194. The van der Waals surface area contributed by atoms with Gasteiger partial charge in [0, 0.05) is 28.8 Å². The lowest BCUT2D eigenvalue weighted by atomic mass is 9.95. The first-order valence-corrected chi connectivity index (χ1v) is 12.5. The van der Waals surface area contributed by atoms with Crippen LogP contribution < -0.4 is 5.32 Å². The van der Waals surface area contributed by atoms with E-state index < -0.39 is 35.3 Å². The molecular formula is C27H21F4N3OS. The highest BCUT2D eigenvalue weighted by Gasteiger charge is 2.36. The lowest BCUT2D eigenvalue weighted by Gasteiger charge is -2.31. The van der Waals surface area contributed by atoms with E-state index in [1.165, 1.54) is 27.5 Å². The molecule has 6 rings (SSSR count). The fraction of sp³-hybridized carbons (Fsp3) is 0.222. The van der Waals surface area contributed by atoms with E-state index in [0.29, 0.717) is 5.69 Å². The van der Waals surface area contributed by atoms with Crippen molar-refractivity contribution in [1.82, 2.24) is 9.47 Å². The van der Waals surface area contributed by atoms with E-state index in [-0.39, 0.29) is 17.8 Å². The van der Waals surface area contributed by atoms with Crippen LogP contribution in [0.4, 0.5) is 28.0 Å². The molecule has 0 saturated carbocycles. The number of carbonyl (C=O) groups excluding carboxylic acids is 1. The van der Waals surface area contributed by atoms with Crippen LogP contribution in [0.15, 0.2) is 54.7 Å². The number of rotatable bonds is 2. The Morgan fingerprint density at radius 2 is 1.69 bits per heavy atom. The minimum absolute atomic E-state index is 0.147. The number of urea groups is 1. The number of benzene rings is 2. The summed E-state index contributed by atoms with van der Waals surface area (Å²) in [5, 5.41) is 3.45. The predicted molar refractivity (Wildman–Crippen MR) is 129 cm³/mol. The van der Waals surface area contributed by atoms with Crippen LogP contribution in [0.25, 0.3) is 5.00 Å². The molecule has 1 unspecified atom stereocenters. The molecule has 2 aliphatic rings. The molecule has 36 heavy (non-hydrogen) atoms. The summed E-state index contributed by atoms with van der Waals surface area (Å²) >= 11 is 1.67. The van der Waals surface area contributed by atoms with Crippen molar-refractivity contribution in [2.75, 3.05) is 5.32 Å². The second-order valence-corrected chi connectivity index (χ2v) is 10.2. The molecule has 1 aliphatic heterocycles. The number of nitrogens with one attached hydrogen (secondary N) is 1. The Morgan fingerprint density at radius 1 is 0.917 bits per heavy atom. The Kier molecular flexibility index (Phi) is 5.59. The zero-order valence-corrected chi connectivity index (χ0v) is 19.8. The summed E-state index contributed by atoms with van der Waals surface area (Å²) < 4.78 is 58.9. The molecule has 0 fully saturated rings. The van der Waals surface area contributed by atoms with Crippen molar-refractivity contribution in [1.29, 1.82) is 0 Å². The predicted octanol–water partition coefficient (Wildman–Crippen LogP) is 7.11. The van der Waals surface area contributed by atoms with Gasteiger partial charge in [-0.3, -0.25) is 0 Å². The fourth-order valence-corrected chi connectivity index (χ4v) is 6.65. The largest absolute Gasteiger partial charge is 0.323 e. The highest BCUT2D eigenvalue weighted by atomic mass is 32.1. The third-order valence-corrected chi connectivity index (χ3v) is 8.14. The summed E-state index contributed by atoms with van der Waals surface area (Å²) in [6.45, 7) is 0.147. The maximum Gasteiger partial charge on any atom is 0.323 e. The molecule has 2 aromatic heterocycles. The average Bonchev–Trinajstić information content (AvgIpc) is 3.42. The summed E-state index contributed by atoms with van der Waals surface area (Å²) in [6.07, 6.45) is 5.85. The van der Waals surface area contributed by atoms with Gasteiger partial charge in [0.05, 0.1) is 17.9 Å². The number of aromatic nitrogens is 1. The SMILES string of the molecule is O=C(Nc1cc(F)ccc1F)N1Cc2c(sc3c2CCCC3)-n2cccc2C1c1cc(F)cc(F)c1. The molecule has 1 atom stereocenters. The molecule has 0 bridgehead atoms. The van der Waals surface area contributed by atoms with Gasteiger partial charge in [0.1, 0.15) is 34.3 Å². The van der Waals surface area contributed by atoms with Gasteiger partial charge in [-0.2, -0.15) is 0 Å². The topological polar surface area (TPSA) is 37.3 Å². The average molecular weight is 512 g/mol. The number of fused-ring (bicyclic) bond motifs is 5. The van der Waals surface area contributed by atoms with E-state index in [4.69, 9.17) is 0 Å². The Balaban J connectivity index is 1.52. The minimum atomic E-state index is -0.874. The number of anilines is 1. The molecule has 4 nitrogen and oxygen atoms in total. The van der Waals surface area contributed by atoms with Crippen molar-refractivity contribution >= 4 is 23.1 Å². The molecule has 1 N–H and O–H groups in total. The monoisotopic (exact) mass is 511 g/mol. The molecule has 2 amide bonds. The molecular weight excluding hydrogens is 490 g/mol. The van der Waals surface area contributed by atoms with Crippen LogP contribution in [0.5, 0.6) is 0 Å². The smallest absolute Gasteiger partial charge is 0.310 e. The highest BCUT2D eigenvalue weighted by Crippen LogP contribution is 2.44. The third-order valence-electron chi connectivity index (χ3n) is 6.81. The van der Waals surface area contributed by atoms with Crippen LogP contribution >= 0.6 is 11.3 Å². The van der Waals surface area contributed by atoms with Gasteiger partial charge in [-0.15, -0.1) is 11.3 Å². The molecule has 184 valence electrons. The first-order valence-electron chi connectivity index (χ1n) is 11.7. The van der Waals surface area contributed by atoms with Gasteiger partial charge in [-0.25, -0.2) is 22.4 Å². The number of hydrogen-bond acceptors (Lipinski definition) is 2. The standard InChI is InChI=1S/C27H21F4N3OS/c28-16-7-8-21(31)22(13-16)32-27(35)34-14-20-19-4-1-2-6-24(19)36-26(20)33-9-3-5-23(33)25(34)15-10-17(29)12-18(30)11-15/h3,5,7-13,25H,1-2,4,6,14H2,(H,32,35). The molecule has 2 aromatic carbocycles. The van der Waals surface area contributed by atoms with Crippen LogP contribution in [0.3, 0.4) is 0 Å². The van der Waals surface area contributed by atoms with Crippen molar-refractivity contribution < 1.29 is 22.4 Å². The molecule has 0 saturated heterocycles. The zero-order valence-electron chi connectivity index (χ0n) is 19.0. The minimum Gasteiger partial charge on any atom is -0.310 e. The molecule has 9 heteroatoms. The number of halogens is 4. The molecule has 1 aliphatic carbocycles. The second-order valence-electron chi connectivity index (χ2n) is 9.09. The zero-order chi connectivity index (χ0) is 25.0. The Hall–Kier alpha value is -3.59. The Bertz CT molecular complexity index is 1470. The number of hydrogen-bond donors (Lipinski definition) is 1. The molecule has 0 radical (unpaired) electrons. The van der Waals surface area contributed by atoms with E-state index in [1.807, 2.05) is 22.9 Å². The van der Waals surface area contributed by atoms with Gasteiger partial charge >= 0.3 is 6.03 Å². The van der Waals surface area contributed by atoms with Crippen LogP contribution in [0.2, 0.25) is 0 Å². The summed E-state index contributed by atoms with van der Waals surface area (Å²) in [5.74, 6) is -3.02. The van der Waals surface area contributed by atoms with Crippen molar-refractivity contribution in [2.45, 2.75) is 38.3 Å². The van der Waals surface area contributed by atoms with Crippen molar-refractivity contribution in [2.24, 2.45) is 0 Å². The third kappa shape index (κ3) is 3.87. The quantitative estimate of drug-likeness (QED) is 0.286. The summed E-state index contributed by atoms with van der Waals surface area (Å²) in [7, 11) is 0. The van der Waals surface area contributed by atoms with Gasteiger partial charge in [0.2, 0.25) is 0 Å². The van der Waals surface area contributed by atoms with Gasteiger partial charge in [-0.05, 0) is 73.2 Å². The normalized spacial score (nSPS) is 16.7. The number of carbonyl (C=O) groups is 1. The van der Waals surface area contributed by atoms with Gasteiger partial charge < -0.3 is 14.8 Å². The van der Waals surface area contributed by atoms with Gasteiger partial charge in [-0.1, -0.05) is 0 Å². The van der Waals surface area contributed by atoms with Crippen LogP contribution in [0.1, 0.15) is 46.1 Å². The van der Waals surface area contributed by atoms with Gasteiger partial charge in [0.15, 0.2) is 0 Å². The fourth-order valence-electron chi connectivity index (χ4n) is 5.25. The van der Waals surface area contributed by atoms with Gasteiger partial charge in [0.25, 0.3) is 0 Å². The van der Waals surface area contributed by atoms with Crippen molar-refractivity contribution in [3.05, 3.63) is 105 Å². The molecule has 0 spiro atoms. The molecule has 4 aromatic rings. The highest BCUT2D eigenvalue weighted by molar-refractivity contribution is 7.15. The van der Waals surface area contributed by atoms with Crippen molar-refractivity contribution in [3.63, 3.8) is 0 Å². The number of nitrogens with zero attached hydrogens (tertiary/aromatic N) is 2. The molecule has 3 heterocycles. The van der Waals surface area contributed by atoms with Crippen LogP contribution in [-0.4, -0.2) is 15.5 Å².